The van der Waals surface area contributed by atoms with Crippen molar-refractivity contribution < 1.29 is 4.74 Å². The number of hydrogen-bond acceptors (Lipinski definition) is 4. The Balaban J connectivity index is 1.71. The van der Waals surface area contributed by atoms with Crippen LogP contribution in [0.15, 0.2) is 30.9 Å². The van der Waals surface area contributed by atoms with E-state index in [1.807, 2.05) is 37.9 Å². The lowest BCUT2D eigenvalue weighted by Crippen LogP contribution is -2.30. The third kappa shape index (κ3) is 3.08. The second-order valence-corrected chi connectivity index (χ2v) is 5.66. The van der Waals surface area contributed by atoms with Crippen molar-refractivity contribution in [2.45, 2.75) is 25.9 Å². The Morgan fingerprint density at radius 2 is 2.33 bits per heavy atom. The van der Waals surface area contributed by atoms with Gasteiger partial charge >= 0.3 is 0 Å². The van der Waals surface area contributed by atoms with Crippen molar-refractivity contribution in [3.63, 3.8) is 0 Å². The van der Waals surface area contributed by atoms with Gasteiger partial charge in [0.25, 0.3) is 0 Å². The van der Waals surface area contributed by atoms with Crippen molar-refractivity contribution in [1.29, 1.82) is 0 Å². The van der Waals surface area contributed by atoms with E-state index in [0.29, 0.717) is 5.92 Å². The van der Waals surface area contributed by atoms with Gasteiger partial charge in [0.2, 0.25) is 0 Å². The number of imidazole rings is 1. The first-order chi connectivity index (χ1) is 10.3. The summed E-state index contributed by atoms with van der Waals surface area (Å²) in [5.74, 6) is 1.46. The molecule has 3 rings (SSSR count). The molecule has 1 aliphatic heterocycles. The number of pyridine rings is 1. The van der Waals surface area contributed by atoms with Gasteiger partial charge in [-0.3, -0.25) is 4.98 Å². The van der Waals surface area contributed by atoms with Gasteiger partial charge in [-0.15, -0.1) is 0 Å². The topological polar surface area (TPSA) is 52.0 Å². The highest BCUT2D eigenvalue weighted by Gasteiger charge is 2.30. The summed E-state index contributed by atoms with van der Waals surface area (Å²) >= 11 is 0. The summed E-state index contributed by atoms with van der Waals surface area (Å²) in [7, 11) is 2.03. The minimum Gasteiger partial charge on any atom is -0.384 e. The molecule has 112 valence electrons. The third-order valence-electron chi connectivity index (χ3n) is 4.13. The first-order valence-corrected chi connectivity index (χ1v) is 7.49. The smallest absolute Gasteiger partial charge is 0.138 e. The number of nitrogens with one attached hydrogen (secondary N) is 1. The summed E-state index contributed by atoms with van der Waals surface area (Å²) in [5.41, 5.74) is 2.32. The summed E-state index contributed by atoms with van der Waals surface area (Å²) in [5, 5.41) is 3.54. The van der Waals surface area contributed by atoms with Crippen LogP contribution in [0.4, 0.5) is 5.69 Å². The Hall–Kier alpha value is -1.88. The molecular weight excluding hydrogens is 264 g/mol. The van der Waals surface area contributed by atoms with E-state index >= 15 is 0 Å². The number of hydrogen-bond donors (Lipinski definition) is 1. The van der Waals surface area contributed by atoms with Crippen LogP contribution in [0.5, 0.6) is 0 Å². The maximum atomic E-state index is 6.00. The molecule has 0 radical (unpaired) electrons. The molecule has 0 saturated carbocycles. The molecule has 0 spiro atoms. The predicted molar refractivity (Wildman–Crippen MR) is 82.1 cm³/mol. The fraction of sp³-hybridized carbons (Fsp3) is 0.500. The minimum atomic E-state index is 0.0772. The van der Waals surface area contributed by atoms with Gasteiger partial charge in [0, 0.05) is 56.6 Å². The molecule has 5 heteroatoms. The lowest BCUT2D eigenvalue weighted by molar-refractivity contribution is -0.0304. The monoisotopic (exact) mass is 286 g/mol. The van der Waals surface area contributed by atoms with Gasteiger partial charge in [-0.2, -0.15) is 0 Å². The van der Waals surface area contributed by atoms with Crippen LogP contribution >= 0.6 is 0 Å². The first kappa shape index (κ1) is 14.1. The standard InChI is InChI=1S/C16H22N4O/c1-12-10-17-6-5-14(12)19-11-13-4-3-9-21-15(13)16-18-7-8-20(16)2/h5-8,10,13,15H,3-4,9,11H2,1-2H3,(H,17,19)/t13-,15+/m0/s1. The first-order valence-electron chi connectivity index (χ1n) is 7.49. The van der Waals surface area contributed by atoms with Crippen molar-refractivity contribution in [3.8, 4) is 0 Å². The Morgan fingerprint density at radius 3 is 3.10 bits per heavy atom. The van der Waals surface area contributed by atoms with Crippen LogP contribution in [0.25, 0.3) is 0 Å². The van der Waals surface area contributed by atoms with Crippen molar-refractivity contribution in [1.82, 2.24) is 14.5 Å². The van der Waals surface area contributed by atoms with Crippen molar-refractivity contribution in [2.75, 3.05) is 18.5 Å². The highest BCUT2D eigenvalue weighted by molar-refractivity contribution is 5.48. The largest absolute Gasteiger partial charge is 0.384 e. The number of rotatable bonds is 4. The van der Waals surface area contributed by atoms with Gasteiger partial charge in [-0.1, -0.05) is 0 Å². The molecule has 0 unspecified atom stereocenters. The Morgan fingerprint density at radius 1 is 1.43 bits per heavy atom. The molecule has 0 amide bonds. The Bertz CT molecular complexity index is 595. The van der Waals surface area contributed by atoms with E-state index in [2.05, 4.69) is 26.8 Å². The maximum absolute atomic E-state index is 6.00. The molecular formula is C16H22N4O. The summed E-state index contributed by atoms with van der Waals surface area (Å²) in [6, 6.07) is 2.02. The van der Waals surface area contributed by atoms with Crippen LogP contribution in [-0.4, -0.2) is 27.7 Å². The zero-order valence-electron chi connectivity index (χ0n) is 12.6. The van der Waals surface area contributed by atoms with Crippen molar-refractivity contribution in [2.24, 2.45) is 13.0 Å². The molecule has 1 fully saturated rings. The molecule has 1 N–H and O–H groups in total. The molecule has 0 bridgehead atoms. The summed E-state index contributed by atoms with van der Waals surface area (Å²) in [6.45, 7) is 3.79. The number of aromatic nitrogens is 3. The Labute approximate surface area is 125 Å². The molecule has 0 aromatic carbocycles. The summed E-state index contributed by atoms with van der Waals surface area (Å²) < 4.78 is 8.05. The normalized spacial score (nSPS) is 22.2. The van der Waals surface area contributed by atoms with Crippen molar-refractivity contribution in [3.05, 3.63) is 42.2 Å². The van der Waals surface area contributed by atoms with Gasteiger partial charge in [0.05, 0.1) is 0 Å². The van der Waals surface area contributed by atoms with Gasteiger partial charge < -0.3 is 14.6 Å². The van der Waals surface area contributed by atoms with E-state index in [0.717, 1.165) is 37.5 Å². The maximum Gasteiger partial charge on any atom is 0.138 e. The number of ether oxygens (including phenoxy) is 1. The molecule has 2 atom stereocenters. The van der Waals surface area contributed by atoms with Gasteiger partial charge in [-0.25, -0.2) is 4.98 Å². The van der Waals surface area contributed by atoms with E-state index in [9.17, 15) is 0 Å². The molecule has 2 aromatic rings. The third-order valence-corrected chi connectivity index (χ3v) is 4.13. The summed E-state index contributed by atoms with van der Waals surface area (Å²) in [6.07, 6.45) is 9.87. The molecule has 3 heterocycles. The van der Waals surface area contributed by atoms with E-state index < -0.39 is 0 Å². The second kappa shape index (κ2) is 6.26. The lowest BCUT2D eigenvalue weighted by Gasteiger charge is -2.31. The number of aryl methyl sites for hydroxylation is 2. The van der Waals surface area contributed by atoms with E-state index in [1.165, 1.54) is 5.56 Å². The van der Waals surface area contributed by atoms with Gasteiger partial charge in [-0.05, 0) is 31.4 Å². The van der Waals surface area contributed by atoms with Crippen LogP contribution in [-0.2, 0) is 11.8 Å². The molecule has 0 aliphatic carbocycles. The average Bonchev–Trinajstić information content (AvgIpc) is 2.93. The van der Waals surface area contributed by atoms with Gasteiger partial charge in [0.15, 0.2) is 0 Å². The van der Waals surface area contributed by atoms with Crippen LogP contribution < -0.4 is 5.32 Å². The summed E-state index contributed by atoms with van der Waals surface area (Å²) in [4.78, 5) is 8.59. The van der Waals surface area contributed by atoms with Crippen LogP contribution in [0.1, 0.15) is 30.3 Å². The molecule has 5 nitrogen and oxygen atoms in total. The van der Waals surface area contributed by atoms with Crippen LogP contribution in [0.3, 0.4) is 0 Å². The number of anilines is 1. The predicted octanol–water partition coefficient (Wildman–Crippen LogP) is 2.70. The average molecular weight is 286 g/mol. The highest BCUT2D eigenvalue weighted by Crippen LogP contribution is 2.32. The van der Waals surface area contributed by atoms with Crippen LogP contribution in [0, 0.1) is 12.8 Å². The van der Waals surface area contributed by atoms with E-state index in [-0.39, 0.29) is 6.10 Å². The fourth-order valence-electron chi connectivity index (χ4n) is 2.90. The minimum absolute atomic E-state index is 0.0772. The van der Waals surface area contributed by atoms with Crippen molar-refractivity contribution >= 4 is 5.69 Å². The lowest BCUT2D eigenvalue weighted by atomic mass is 9.93. The fourth-order valence-corrected chi connectivity index (χ4v) is 2.90. The SMILES string of the molecule is Cc1cnccc1NC[C@@H]1CCCO[C@H]1c1nccn1C. The zero-order valence-corrected chi connectivity index (χ0v) is 12.6. The molecule has 1 saturated heterocycles. The second-order valence-electron chi connectivity index (χ2n) is 5.66. The molecule has 2 aromatic heterocycles. The Kier molecular flexibility index (Phi) is 4.20. The zero-order chi connectivity index (χ0) is 14.7. The highest BCUT2D eigenvalue weighted by atomic mass is 16.5. The quantitative estimate of drug-likeness (QED) is 0.939. The van der Waals surface area contributed by atoms with E-state index in [4.69, 9.17) is 4.74 Å². The van der Waals surface area contributed by atoms with E-state index in [1.54, 1.807) is 0 Å². The van der Waals surface area contributed by atoms with Gasteiger partial charge in [0.1, 0.15) is 11.9 Å². The number of nitrogens with zero attached hydrogens (tertiary/aromatic N) is 3. The molecule has 21 heavy (non-hydrogen) atoms. The molecule has 1 aliphatic rings. The van der Waals surface area contributed by atoms with Crippen LogP contribution in [0.2, 0.25) is 0 Å².